The van der Waals surface area contributed by atoms with Crippen LogP contribution in [-0.4, -0.2) is 10.1 Å². The van der Waals surface area contributed by atoms with Crippen LogP contribution in [0.4, 0.5) is 5.00 Å². The molecule has 0 bridgehead atoms. The minimum absolute atomic E-state index is 0.410. The Hall–Kier alpha value is -2.60. The fraction of sp³-hybridized carbons (Fsp3) is 0.0667. The van der Waals surface area contributed by atoms with E-state index >= 15 is 0 Å². The van der Waals surface area contributed by atoms with Crippen molar-refractivity contribution in [1.82, 2.24) is 10.1 Å². The molecular formula is C15H11N3O2S. The van der Waals surface area contributed by atoms with Gasteiger partial charge in [0.2, 0.25) is 5.82 Å². The van der Waals surface area contributed by atoms with Crippen LogP contribution in [0.1, 0.15) is 4.88 Å². The molecule has 0 amide bonds. The molecule has 0 unspecified atom stereocenters. The van der Waals surface area contributed by atoms with Crippen molar-refractivity contribution in [2.45, 2.75) is 6.92 Å². The summed E-state index contributed by atoms with van der Waals surface area (Å²) in [6, 6.07) is 11.6. The molecule has 0 radical (unpaired) electrons. The number of hydrogen-bond acceptors (Lipinski definition) is 6. The van der Waals surface area contributed by atoms with Crippen molar-refractivity contribution in [2.24, 2.45) is 0 Å². The number of rotatable bonds is 2. The third-order valence-electron chi connectivity index (χ3n) is 3.19. The lowest BCUT2D eigenvalue weighted by Crippen LogP contribution is -1.83. The number of nitrogens with two attached hydrogens (primary N) is 1. The maximum atomic E-state index is 5.95. The van der Waals surface area contributed by atoms with Gasteiger partial charge in [-0.25, -0.2) is 0 Å². The maximum Gasteiger partial charge on any atom is 0.261 e. The molecule has 1 aromatic carbocycles. The van der Waals surface area contributed by atoms with Crippen LogP contribution < -0.4 is 5.73 Å². The number of para-hydroxylation sites is 1. The predicted molar refractivity (Wildman–Crippen MR) is 82.0 cm³/mol. The molecule has 0 saturated carbocycles. The Morgan fingerprint density at radius 3 is 2.81 bits per heavy atom. The lowest BCUT2D eigenvalue weighted by Gasteiger charge is -1.88. The van der Waals surface area contributed by atoms with Crippen LogP contribution >= 0.6 is 11.3 Å². The molecule has 6 heteroatoms. The van der Waals surface area contributed by atoms with Crippen LogP contribution in [0.5, 0.6) is 0 Å². The van der Waals surface area contributed by atoms with Crippen LogP contribution in [0.2, 0.25) is 0 Å². The molecule has 0 spiro atoms. The largest absolute Gasteiger partial charge is 0.453 e. The number of furan rings is 1. The predicted octanol–water partition coefficient (Wildman–Crippen LogP) is 4.10. The summed E-state index contributed by atoms with van der Waals surface area (Å²) in [7, 11) is 0. The third kappa shape index (κ3) is 2.00. The minimum Gasteiger partial charge on any atom is -0.453 e. The van der Waals surface area contributed by atoms with Gasteiger partial charge in [-0.15, -0.1) is 11.3 Å². The second-order valence-corrected chi connectivity index (χ2v) is 5.99. The summed E-state index contributed by atoms with van der Waals surface area (Å²) in [5, 5.41) is 5.66. The lowest BCUT2D eigenvalue weighted by molar-refractivity contribution is 0.430. The number of hydrogen-bond donors (Lipinski definition) is 1. The van der Waals surface area contributed by atoms with Crippen LogP contribution in [0.25, 0.3) is 34.0 Å². The highest BCUT2D eigenvalue weighted by Crippen LogP contribution is 2.34. The third-order valence-corrected chi connectivity index (χ3v) is 4.07. The molecule has 4 rings (SSSR count). The van der Waals surface area contributed by atoms with E-state index in [1.165, 1.54) is 11.3 Å². The van der Waals surface area contributed by atoms with Crippen molar-refractivity contribution < 1.29 is 8.94 Å². The van der Waals surface area contributed by atoms with Gasteiger partial charge in [0, 0.05) is 10.3 Å². The smallest absolute Gasteiger partial charge is 0.261 e. The van der Waals surface area contributed by atoms with E-state index in [4.69, 9.17) is 14.7 Å². The molecule has 4 aromatic rings. The number of nitrogen functional groups attached to an aromatic ring is 1. The molecule has 0 saturated heterocycles. The monoisotopic (exact) mass is 297 g/mol. The molecule has 0 aliphatic carbocycles. The van der Waals surface area contributed by atoms with E-state index in [-0.39, 0.29) is 0 Å². The Morgan fingerprint density at radius 1 is 1.19 bits per heavy atom. The van der Waals surface area contributed by atoms with E-state index in [0.29, 0.717) is 22.5 Å². The SMILES string of the molecule is Cc1cc(-c2nc(-c3cc4ccccc4o3)no2)c(N)s1. The zero-order valence-corrected chi connectivity index (χ0v) is 12.0. The highest BCUT2D eigenvalue weighted by atomic mass is 32.1. The van der Waals surface area contributed by atoms with Gasteiger partial charge in [0.15, 0.2) is 5.76 Å². The summed E-state index contributed by atoms with van der Waals surface area (Å²) in [5.74, 6) is 1.41. The van der Waals surface area contributed by atoms with Gasteiger partial charge in [0.05, 0.1) is 10.6 Å². The van der Waals surface area contributed by atoms with Gasteiger partial charge in [0.1, 0.15) is 5.58 Å². The van der Waals surface area contributed by atoms with E-state index in [2.05, 4.69) is 10.1 Å². The van der Waals surface area contributed by atoms with Crippen LogP contribution in [0.15, 0.2) is 45.3 Å². The fourth-order valence-electron chi connectivity index (χ4n) is 2.22. The molecule has 5 nitrogen and oxygen atoms in total. The summed E-state index contributed by atoms with van der Waals surface area (Å²) in [4.78, 5) is 5.48. The Balaban J connectivity index is 1.78. The summed E-state index contributed by atoms with van der Waals surface area (Å²) < 4.78 is 11.0. The topological polar surface area (TPSA) is 78.1 Å². The number of aryl methyl sites for hydroxylation is 1. The zero-order valence-electron chi connectivity index (χ0n) is 11.2. The second kappa shape index (κ2) is 4.46. The first kappa shape index (κ1) is 12.2. The number of aromatic nitrogens is 2. The van der Waals surface area contributed by atoms with Crippen molar-refractivity contribution in [2.75, 3.05) is 5.73 Å². The quantitative estimate of drug-likeness (QED) is 0.602. The molecule has 21 heavy (non-hydrogen) atoms. The minimum atomic E-state index is 0.410. The molecule has 0 fully saturated rings. The molecule has 0 aliphatic rings. The molecule has 3 heterocycles. The highest BCUT2D eigenvalue weighted by Gasteiger charge is 2.17. The van der Waals surface area contributed by atoms with E-state index < -0.39 is 0 Å². The van der Waals surface area contributed by atoms with Gasteiger partial charge in [0.25, 0.3) is 5.89 Å². The molecular weight excluding hydrogens is 286 g/mol. The maximum absolute atomic E-state index is 5.95. The number of thiophene rings is 1. The van der Waals surface area contributed by atoms with Gasteiger partial charge in [-0.3, -0.25) is 0 Å². The molecule has 3 aromatic heterocycles. The highest BCUT2D eigenvalue weighted by molar-refractivity contribution is 7.16. The first-order chi connectivity index (χ1) is 10.2. The van der Waals surface area contributed by atoms with Crippen LogP contribution in [0.3, 0.4) is 0 Å². The molecule has 104 valence electrons. The van der Waals surface area contributed by atoms with Crippen molar-refractivity contribution in [3.05, 3.63) is 41.3 Å². The lowest BCUT2D eigenvalue weighted by atomic mass is 10.2. The van der Waals surface area contributed by atoms with E-state index in [1.807, 2.05) is 43.3 Å². The number of nitrogens with zero attached hydrogens (tertiary/aromatic N) is 2. The summed E-state index contributed by atoms with van der Waals surface area (Å²) in [6.07, 6.45) is 0. The van der Waals surface area contributed by atoms with E-state index in [1.54, 1.807) is 0 Å². The van der Waals surface area contributed by atoms with Crippen molar-refractivity contribution in [3.63, 3.8) is 0 Å². The van der Waals surface area contributed by atoms with Crippen molar-refractivity contribution in [3.8, 4) is 23.0 Å². The summed E-state index contributed by atoms with van der Waals surface area (Å²) in [5.41, 5.74) is 7.52. The first-order valence-corrected chi connectivity index (χ1v) is 7.21. The fourth-order valence-corrected chi connectivity index (χ4v) is 3.00. The van der Waals surface area contributed by atoms with E-state index in [0.717, 1.165) is 21.4 Å². The number of anilines is 1. The Morgan fingerprint density at radius 2 is 2.05 bits per heavy atom. The van der Waals surface area contributed by atoms with Gasteiger partial charge in [-0.1, -0.05) is 23.4 Å². The Labute approximate surface area is 124 Å². The summed E-state index contributed by atoms with van der Waals surface area (Å²) >= 11 is 1.50. The zero-order chi connectivity index (χ0) is 14.4. The average molecular weight is 297 g/mol. The number of benzene rings is 1. The Bertz CT molecular complexity index is 902. The van der Waals surface area contributed by atoms with Gasteiger partial charge < -0.3 is 14.7 Å². The van der Waals surface area contributed by atoms with Crippen molar-refractivity contribution >= 4 is 27.3 Å². The van der Waals surface area contributed by atoms with Crippen LogP contribution in [-0.2, 0) is 0 Å². The van der Waals surface area contributed by atoms with Crippen molar-refractivity contribution in [1.29, 1.82) is 0 Å². The molecule has 2 N–H and O–H groups in total. The first-order valence-electron chi connectivity index (χ1n) is 6.39. The Kier molecular flexibility index (Phi) is 2.58. The molecule has 0 atom stereocenters. The number of fused-ring (bicyclic) bond motifs is 1. The normalized spacial score (nSPS) is 11.3. The molecule has 0 aliphatic heterocycles. The standard InChI is InChI=1S/C15H11N3O2S/c1-8-6-10(13(16)21-8)15-17-14(18-20-15)12-7-9-4-2-3-5-11(9)19-12/h2-7H,16H2,1H3. The second-order valence-electron chi connectivity index (χ2n) is 4.71. The van der Waals surface area contributed by atoms with Gasteiger partial charge >= 0.3 is 0 Å². The van der Waals surface area contributed by atoms with Gasteiger partial charge in [-0.2, -0.15) is 4.98 Å². The summed E-state index contributed by atoms with van der Waals surface area (Å²) in [6.45, 7) is 1.99. The average Bonchev–Trinajstić information content (AvgIpc) is 3.15. The van der Waals surface area contributed by atoms with Gasteiger partial charge in [-0.05, 0) is 25.1 Å². The van der Waals surface area contributed by atoms with Crippen LogP contribution in [0, 0.1) is 6.92 Å². The van der Waals surface area contributed by atoms with E-state index in [9.17, 15) is 0 Å².